The average Bonchev–Trinajstić information content (AvgIpc) is 2.39. The number of ether oxygens (including phenoxy) is 2. The van der Waals surface area contributed by atoms with Gasteiger partial charge in [-0.05, 0) is 38.7 Å². The fraction of sp³-hybridized carbons (Fsp3) is 0.533. The van der Waals surface area contributed by atoms with E-state index in [2.05, 4.69) is 18.1 Å². The number of hydrogen-bond acceptors (Lipinski definition) is 4. The summed E-state index contributed by atoms with van der Waals surface area (Å²) in [5.41, 5.74) is 1.71. The fourth-order valence-electron chi connectivity index (χ4n) is 3.31. The van der Waals surface area contributed by atoms with Gasteiger partial charge in [0, 0.05) is 12.0 Å². The third-order valence-corrected chi connectivity index (χ3v) is 3.98. The lowest BCUT2D eigenvalue weighted by atomic mass is 9.72. The summed E-state index contributed by atoms with van der Waals surface area (Å²) in [5.74, 6) is 2.05. The van der Waals surface area contributed by atoms with Gasteiger partial charge in [-0.25, -0.2) is 0 Å². The molecule has 102 valence electrons. The molecule has 0 saturated heterocycles. The predicted octanol–water partition coefficient (Wildman–Crippen LogP) is 3.33. The van der Waals surface area contributed by atoms with Gasteiger partial charge in [-0.15, -0.1) is 0 Å². The van der Waals surface area contributed by atoms with E-state index >= 15 is 0 Å². The summed E-state index contributed by atoms with van der Waals surface area (Å²) in [5, 5.41) is 12.5. The molecule has 0 spiro atoms. The number of hydrogen-bond donors (Lipinski definition) is 1. The number of nitrogens with zero attached hydrogens (tertiary/aromatic N) is 1. The summed E-state index contributed by atoms with van der Waals surface area (Å²) < 4.78 is 11.9. The number of fused-ring (bicyclic) bond motifs is 4. The van der Waals surface area contributed by atoms with Crippen LogP contribution < -0.4 is 9.47 Å². The molecule has 2 atom stereocenters. The van der Waals surface area contributed by atoms with Crippen molar-refractivity contribution in [2.45, 2.75) is 44.6 Å². The standard InChI is InChI=1S/C15H19NO3/c1-3-18-13-6-4-5-12-10-7-11(16-17)9-15(2,8-10)19-14(12)13/h4-6,10,17H,3,7-9H2,1-2H3. The van der Waals surface area contributed by atoms with Gasteiger partial charge in [0.05, 0.1) is 12.3 Å². The third-order valence-electron chi connectivity index (χ3n) is 3.98. The number of para-hydroxylation sites is 1. The van der Waals surface area contributed by atoms with Gasteiger partial charge in [0.2, 0.25) is 0 Å². The fourth-order valence-corrected chi connectivity index (χ4v) is 3.31. The Morgan fingerprint density at radius 2 is 2.37 bits per heavy atom. The van der Waals surface area contributed by atoms with Gasteiger partial charge in [0.15, 0.2) is 11.5 Å². The van der Waals surface area contributed by atoms with Crippen LogP contribution in [0.4, 0.5) is 0 Å². The first-order valence-corrected chi connectivity index (χ1v) is 6.80. The van der Waals surface area contributed by atoms with Gasteiger partial charge in [0.1, 0.15) is 5.60 Å². The molecule has 1 aliphatic heterocycles. The smallest absolute Gasteiger partial charge is 0.165 e. The van der Waals surface area contributed by atoms with Crippen molar-refractivity contribution in [3.63, 3.8) is 0 Å². The van der Waals surface area contributed by atoms with E-state index in [4.69, 9.17) is 14.7 Å². The number of benzene rings is 1. The van der Waals surface area contributed by atoms with Crippen LogP contribution in [-0.2, 0) is 0 Å². The van der Waals surface area contributed by atoms with Crippen molar-refractivity contribution in [1.29, 1.82) is 0 Å². The summed E-state index contributed by atoms with van der Waals surface area (Å²) in [6, 6.07) is 6.04. The minimum absolute atomic E-state index is 0.287. The Morgan fingerprint density at radius 3 is 3.11 bits per heavy atom. The lowest BCUT2D eigenvalue weighted by Gasteiger charge is -2.44. The van der Waals surface area contributed by atoms with Crippen molar-refractivity contribution in [2.24, 2.45) is 5.16 Å². The van der Waals surface area contributed by atoms with E-state index in [0.29, 0.717) is 18.9 Å². The van der Waals surface area contributed by atoms with E-state index in [-0.39, 0.29) is 5.60 Å². The molecule has 0 amide bonds. The molecule has 1 aromatic rings. The van der Waals surface area contributed by atoms with Crippen LogP contribution >= 0.6 is 0 Å². The Hall–Kier alpha value is -1.71. The molecule has 1 N–H and O–H groups in total. The van der Waals surface area contributed by atoms with Gasteiger partial charge in [-0.3, -0.25) is 0 Å². The molecule has 4 nitrogen and oxygen atoms in total. The third kappa shape index (κ3) is 2.05. The van der Waals surface area contributed by atoms with E-state index in [0.717, 1.165) is 30.1 Å². The maximum atomic E-state index is 9.06. The van der Waals surface area contributed by atoms with Gasteiger partial charge in [-0.1, -0.05) is 17.3 Å². The molecular weight excluding hydrogens is 242 g/mol. The molecule has 19 heavy (non-hydrogen) atoms. The second kappa shape index (κ2) is 4.44. The molecule has 1 saturated carbocycles. The highest BCUT2D eigenvalue weighted by Crippen LogP contribution is 2.51. The van der Waals surface area contributed by atoms with Crippen molar-refractivity contribution in [3.05, 3.63) is 23.8 Å². The van der Waals surface area contributed by atoms with Gasteiger partial charge in [-0.2, -0.15) is 0 Å². The Balaban J connectivity index is 2.05. The highest BCUT2D eigenvalue weighted by atomic mass is 16.5. The molecule has 1 aliphatic carbocycles. The average molecular weight is 261 g/mol. The van der Waals surface area contributed by atoms with Crippen LogP contribution in [0.5, 0.6) is 11.5 Å². The molecule has 1 aromatic carbocycles. The van der Waals surface area contributed by atoms with Crippen LogP contribution in [0.3, 0.4) is 0 Å². The molecule has 3 rings (SSSR count). The molecular formula is C15H19NO3. The van der Waals surface area contributed by atoms with E-state index in [1.54, 1.807) is 0 Å². The summed E-state index contributed by atoms with van der Waals surface area (Å²) in [4.78, 5) is 0. The van der Waals surface area contributed by atoms with E-state index in [9.17, 15) is 0 Å². The zero-order chi connectivity index (χ0) is 13.5. The maximum absolute atomic E-state index is 9.06. The summed E-state index contributed by atoms with van der Waals surface area (Å²) in [6.07, 6.45) is 2.45. The van der Waals surface area contributed by atoms with Gasteiger partial charge in [0.25, 0.3) is 0 Å². The van der Waals surface area contributed by atoms with Crippen molar-refractivity contribution >= 4 is 5.71 Å². The largest absolute Gasteiger partial charge is 0.490 e. The Morgan fingerprint density at radius 1 is 1.53 bits per heavy atom. The van der Waals surface area contributed by atoms with Crippen molar-refractivity contribution < 1.29 is 14.7 Å². The second-order valence-electron chi connectivity index (χ2n) is 5.61. The molecule has 4 heteroatoms. The first-order chi connectivity index (χ1) is 9.15. The Kier molecular flexibility index (Phi) is 2.88. The molecule has 2 aliphatic rings. The van der Waals surface area contributed by atoms with Crippen LogP contribution in [0.25, 0.3) is 0 Å². The lowest BCUT2D eigenvalue weighted by molar-refractivity contribution is 0.0465. The molecule has 1 fully saturated rings. The van der Waals surface area contributed by atoms with Crippen molar-refractivity contribution in [3.8, 4) is 11.5 Å². The highest BCUT2D eigenvalue weighted by Gasteiger charge is 2.44. The molecule has 2 bridgehead atoms. The minimum atomic E-state index is -0.287. The molecule has 2 unspecified atom stereocenters. The topological polar surface area (TPSA) is 51.0 Å². The lowest BCUT2D eigenvalue weighted by Crippen LogP contribution is -2.44. The van der Waals surface area contributed by atoms with Crippen LogP contribution in [0.2, 0.25) is 0 Å². The van der Waals surface area contributed by atoms with Crippen LogP contribution in [0.1, 0.15) is 44.6 Å². The van der Waals surface area contributed by atoms with E-state index in [1.165, 1.54) is 5.56 Å². The summed E-state index contributed by atoms with van der Waals surface area (Å²) in [7, 11) is 0. The SMILES string of the molecule is CCOc1cccc2c1OC1(C)CC(=NO)CC2C1. The van der Waals surface area contributed by atoms with Crippen LogP contribution in [0, 0.1) is 0 Å². The van der Waals surface area contributed by atoms with Crippen LogP contribution in [-0.4, -0.2) is 23.1 Å². The highest BCUT2D eigenvalue weighted by molar-refractivity contribution is 5.87. The Labute approximate surface area is 113 Å². The molecule has 0 aromatic heterocycles. The van der Waals surface area contributed by atoms with Crippen LogP contribution in [0.15, 0.2) is 23.4 Å². The number of oxime groups is 1. The Bertz CT molecular complexity index is 526. The van der Waals surface area contributed by atoms with Gasteiger partial charge >= 0.3 is 0 Å². The zero-order valence-corrected chi connectivity index (χ0v) is 11.3. The summed E-state index contributed by atoms with van der Waals surface area (Å²) >= 11 is 0. The quantitative estimate of drug-likeness (QED) is 0.656. The monoisotopic (exact) mass is 261 g/mol. The first-order valence-electron chi connectivity index (χ1n) is 6.80. The second-order valence-corrected chi connectivity index (χ2v) is 5.61. The van der Waals surface area contributed by atoms with E-state index < -0.39 is 0 Å². The maximum Gasteiger partial charge on any atom is 0.165 e. The molecule has 1 heterocycles. The predicted molar refractivity (Wildman–Crippen MR) is 72.5 cm³/mol. The normalized spacial score (nSPS) is 30.6. The minimum Gasteiger partial charge on any atom is -0.490 e. The first kappa shape index (κ1) is 12.3. The van der Waals surface area contributed by atoms with Crippen molar-refractivity contribution in [2.75, 3.05) is 6.61 Å². The van der Waals surface area contributed by atoms with Crippen molar-refractivity contribution in [1.82, 2.24) is 0 Å². The van der Waals surface area contributed by atoms with Gasteiger partial charge < -0.3 is 14.7 Å². The number of rotatable bonds is 2. The zero-order valence-electron chi connectivity index (χ0n) is 11.3. The summed E-state index contributed by atoms with van der Waals surface area (Å²) in [6.45, 7) is 4.68. The molecule has 0 radical (unpaired) electrons. The van der Waals surface area contributed by atoms with E-state index in [1.807, 2.05) is 19.1 Å².